The van der Waals surface area contributed by atoms with Gasteiger partial charge in [0.1, 0.15) is 5.69 Å². The molecule has 1 N–H and O–H groups in total. The highest BCUT2D eigenvalue weighted by atomic mass is 35.5. The molecule has 0 fully saturated rings. The summed E-state index contributed by atoms with van der Waals surface area (Å²) in [6.07, 6.45) is 3.89. The van der Waals surface area contributed by atoms with Gasteiger partial charge in [-0.2, -0.15) is 0 Å². The van der Waals surface area contributed by atoms with Crippen LogP contribution in [0.15, 0.2) is 60.8 Å². The van der Waals surface area contributed by atoms with Gasteiger partial charge >= 0.3 is 0 Å². The number of carbonyl (C=O) groups excluding carboxylic acids is 1. The Hall–Kier alpha value is -2.70. The van der Waals surface area contributed by atoms with E-state index in [-0.39, 0.29) is 17.9 Å². The zero-order valence-electron chi connectivity index (χ0n) is 16.7. The van der Waals surface area contributed by atoms with E-state index < -0.39 is 0 Å². The Morgan fingerprint density at radius 2 is 1.93 bits per heavy atom. The molecule has 6 nitrogen and oxygen atoms in total. The first kappa shape index (κ1) is 20.6. The first-order valence-electron chi connectivity index (χ1n) is 10.2. The van der Waals surface area contributed by atoms with Gasteiger partial charge in [-0.3, -0.25) is 9.48 Å². The Kier molecular flexibility index (Phi) is 6.77. The van der Waals surface area contributed by atoms with E-state index in [1.165, 1.54) is 0 Å². The molecule has 7 heteroatoms. The van der Waals surface area contributed by atoms with Crippen molar-refractivity contribution < 1.29 is 9.53 Å². The van der Waals surface area contributed by atoms with E-state index >= 15 is 0 Å². The van der Waals surface area contributed by atoms with Crippen LogP contribution in [0, 0.1) is 5.92 Å². The van der Waals surface area contributed by atoms with Crippen LogP contribution in [0.25, 0.3) is 0 Å². The van der Waals surface area contributed by atoms with E-state index in [0.717, 1.165) is 16.8 Å². The van der Waals surface area contributed by atoms with Crippen molar-refractivity contribution in [3.05, 3.63) is 82.6 Å². The number of carbonyl (C=O) groups is 1. The third-order valence-electron chi connectivity index (χ3n) is 5.27. The average molecular weight is 425 g/mol. The molecule has 30 heavy (non-hydrogen) atoms. The van der Waals surface area contributed by atoms with Crippen LogP contribution in [0.5, 0.6) is 0 Å². The number of hydrogen-bond donors (Lipinski definition) is 1. The normalized spacial score (nSPS) is 20.1. The lowest BCUT2D eigenvalue weighted by Crippen LogP contribution is -2.43. The Bertz CT molecular complexity index is 976. The van der Waals surface area contributed by atoms with Crippen LogP contribution in [0.4, 0.5) is 0 Å². The van der Waals surface area contributed by atoms with E-state index in [2.05, 4.69) is 27.8 Å². The van der Waals surface area contributed by atoms with Crippen LogP contribution >= 0.6 is 11.6 Å². The topological polar surface area (TPSA) is 69.0 Å². The fourth-order valence-corrected chi connectivity index (χ4v) is 3.96. The Labute approximate surface area is 181 Å². The molecule has 1 aromatic heterocycles. The van der Waals surface area contributed by atoms with Crippen LogP contribution in [0.1, 0.15) is 23.2 Å². The number of aryl methyl sites for hydroxylation is 1. The van der Waals surface area contributed by atoms with Crippen molar-refractivity contribution in [2.45, 2.75) is 38.5 Å². The molecule has 0 saturated heterocycles. The lowest BCUT2D eigenvalue weighted by molar-refractivity contribution is -0.126. The number of aromatic nitrogens is 3. The summed E-state index contributed by atoms with van der Waals surface area (Å²) in [6, 6.07) is 17.7. The van der Waals surface area contributed by atoms with Crippen molar-refractivity contribution >= 4 is 17.5 Å². The van der Waals surface area contributed by atoms with Crippen LogP contribution in [0.3, 0.4) is 0 Å². The molecule has 2 bridgehead atoms. The van der Waals surface area contributed by atoms with Gasteiger partial charge in [0.05, 0.1) is 25.5 Å². The minimum Gasteiger partial charge on any atom is -0.373 e. The molecular formula is C23H25ClN4O2. The van der Waals surface area contributed by atoms with Crippen molar-refractivity contribution in [3.63, 3.8) is 0 Å². The maximum absolute atomic E-state index is 13.2. The van der Waals surface area contributed by atoms with E-state index in [1.54, 1.807) is 4.68 Å². The zero-order chi connectivity index (χ0) is 20.8. The number of nitrogens with zero attached hydrogens (tertiary/aromatic N) is 3. The van der Waals surface area contributed by atoms with Crippen molar-refractivity contribution in [2.75, 3.05) is 6.61 Å². The lowest BCUT2D eigenvalue weighted by atomic mass is 9.94. The van der Waals surface area contributed by atoms with Gasteiger partial charge in [0.15, 0.2) is 0 Å². The molecule has 1 aliphatic heterocycles. The summed E-state index contributed by atoms with van der Waals surface area (Å²) in [7, 11) is 0. The average Bonchev–Trinajstić information content (AvgIpc) is 3.19. The van der Waals surface area contributed by atoms with Gasteiger partial charge in [-0.15, -0.1) is 5.10 Å². The van der Waals surface area contributed by atoms with Gasteiger partial charge in [0.2, 0.25) is 5.91 Å². The molecule has 1 aliphatic rings. The second kappa shape index (κ2) is 9.87. The molecule has 2 atom stereocenters. The molecular weight excluding hydrogens is 400 g/mol. The molecule has 1 amide bonds. The number of fused-ring (bicyclic) bond motifs is 2. The number of benzene rings is 2. The maximum Gasteiger partial charge on any atom is 0.223 e. The van der Waals surface area contributed by atoms with Crippen molar-refractivity contribution in [2.24, 2.45) is 5.92 Å². The Morgan fingerprint density at radius 3 is 2.77 bits per heavy atom. The number of hydrogen-bond acceptors (Lipinski definition) is 4. The Morgan fingerprint density at radius 1 is 1.10 bits per heavy atom. The lowest BCUT2D eigenvalue weighted by Gasteiger charge is -2.23. The SMILES string of the molecule is O=C1N[C@H](Cc2ccccc2)COCc2cn(nn2)CC[C@H]1Cc1cccc(Cl)c1. The van der Waals surface area contributed by atoms with E-state index in [1.807, 2.05) is 48.7 Å². The van der Waals surface area contributed by atoms with Crippen LogP contribution in [0.2, 0.25) is 5.02 Å². The van der Waals surface area contributed by atoms with Gasteiger partial charge < -0.3 is 10.1 Å². The molecule has 156 valence electrons. The van der Waals surface area contributed by atoms with Crippen molar-refractivity contribution in [3.8, 4) is 0 Å². The van der Waals surface area contributed by atoms with Crippen molar-refractivity contribution in [1.82, 2.24) is 20.3 Å². The summed E-state index contributed by atoms with van der Waals surface area (Å²) in [5.41, 5.74) is 3.01. The van der Waals surface area contributed by atoms with E-state index in [4.69, 9.17) is 16.3 Å². The largest absolute Gasteiger partial charge is 0.373 e. The van der Waals surface area contributed by atoms with Crippen LogP contribution in [-0.2, 0) is 35.5 Å². The summed E-state index contributed by atoms with van der Waals surface area (Å²) in [5, 5.41) is 12.2. The van der Waals surface area contributed by atoms with E-state index in [9.17, 15) is 4.79 Å². The summed E-state index contributed by atoms with van der Waals surface area (Å²) < 4.78 is 7.64. The molecule has 2 heterocycles. The third-order valence-corrected chi connectivity index (χ3v) is 5.51. The number of ether oxygens (including phenoxy) is 1. The highest BCUT2D eigenvalue weighted by Gasteiger charge is 2.23. The van der Waals surface area contributed by atoms with Crippen LogP contribution in [-0.4, -0.2) is 33.5 Å². The summed E-state index contributed by atoms with van der Waals surface area (Å²) >= 11 is 6.15. The maximum atomic E-state index is 13.2. The highest BCUT2D eigenvalue weighted by Crippen LogP contribution is 2.19. The second-order valence-corrected chi connectivity index (χ2v) is 8.14. The highest BCUT2D eigenvalue weighted by molar-refractivity contribution is 6.30. The monoisotopic (exact) mass is 424 g/mol. The molecule has 4 rings (SSSR count). The van der Waals surface area contributed by atoms with Gasteiger partial charge in [0, 0.05) is 17.5 Å². The number of halogens is 1. The summed E-state index contributed by atoms with van der Waals surface area (Å²) in [4.78, 5) is 13.2. The fourth-order valence-electron chi connectivity index (χ4n) is 3.75. The summed E-state index contributed by atoms with van der Waals surface area (Å²) in [5.74, 6) is -0.172. The van der Waals surface area contributed by atoms with Gasteiger partial charge in [0.25, 0.3) is 0 Å². The van der Waals surface area contributed by atoms with Gasteiger partial charge in [-0.25, -0.2) is 0 Å². The molecule has 2 aromatic carbocycles. The van der Waals surface area contributed by atoms with Gasteiger partial charge in [-0.1, -0.05) is 59.3 Å². The number of amides is 1. The molecule has 3 aromatic rings. The smallest absolute Gasteiger partial charge is 0.223 e. The molecule has 0 radical (unpaired) electrons. The first-order valence-corrected chi connectivity index (χ1v) is 10.6. The molecule has 0 saturated carbocycles. The Balaban J connectivity index is 1.54. The minimum atomic E-state index is -0.200. The fraction of sp³-hybridized carbons (Fsp3) is 0.348. The molecule has 0 spiro atoms. The second-order valence-electron chi connectivity index (χ2n) is 7.70. The van der Waals surface area contributed by atoms with Crippen molar-refractivity contribution in [1.29, 1.82) is 0 Å². The first-order chi connectivity index (χ1) is 14.7. The summed E-state index contributed by atoms with van der Waals surface area (Å²) in [6.45, 7) is 1.42. The van der Waals surface area contributed by atoms with Crippen LogP contribution < -0.4 is 5.32 Å². The zero-order valence-corrected chi connectivity index (χ0v) is 17.5. The standard InChI is InChI=1S/C23H25ClN4O2/c24-20-8-4-7-18(12-20)11-19-9-10-28-14-22(26-27-28)16-30-15-21(25-23(19)29)13-17-5-2-1-3-6-17/h1-8,12,14,19,21H,9-11,13,15-16H2,(H,25,29)/t19-,21+/m0/s1. The predicted octanol–water partition coefficient (Wildman–Crippen LogP) is 3.44. The van der Waals surface area contributed by atoms with E-state index in [0.29, 0.717) is 44.0 Å². The third kappa shape index (κ3) is 5.68. The molecule has 0 aliphatic carbocycles. The molecule has 0 unspecified atom stereocenters. The predicted molar refractivity (Wildman–Crippen MR) is 115 cm³/mol. The quantitative estimate of drug-likeness (QED) is 0.696. The minimum absolute atomic E-state index is 0.0282. The number of nitrogens with one attached hydrogen (secondary N) is 1. The van der Waals surface area contributed by atoms with Gasteiger partial charge in [-0.05, 0) is 42.5 Å². The number of rotatable bonds is 4.